The van der Waals surface area contributed by atoms with E-state index in [0.29, 0.717) is 18.9 Å². The van der Waals surface area contributed by atoms with Crippen molar-refractivity contribution in [2.24, 2.45) is 0 Å². The number of methoxy groups -OCH3 is 1. The van der Waals surface area contributed by atoms with Crippen molar-refractivity contribution in [3.05, 3.63) is 60.2 Å². The largest absolute Gasteiger partial charge is 0.497 e. The van der Waals surface area contributed by atoms with Gasteiger partial charge in [-0.05, 0) is 36.2 Å². The van der Waals surface area contributed by atoms with Crippen LogP contribution >= 0.6 is 11.8 Å². The van der Waals surface area contributed by atoms with Crippen LogP contribution in [0.2, 0.25) is 0 Å². The van der Waals surface area contributed by atoms with Crippen LogP contribution in [0.5, 0.6) is 11.5 Å². The molecule has 2 aromatic carbocycles. The van der Waals surface area contributed by atoms with E-state index in [0.717, 1.165) is 23.7 Å². The number of rotatable bonds is 10. The Balaban J connectivity index is 1.51. The Hall–Kier alpha value is -2.14. The predicted molar refractivity (Wildman–Crippen MR) is 99.0 cm³/mol. The average Bonchev–Trinajstić information content (AvgIpc) is 2.63. The molecule has 5 heteroatoms. The zero-order chi connectivity index (χ0) is 17.0. The normalized spacial score (nSPS) is 10.2. The van der Waals surface area contributed by atoms with E-state index in [-0.39, 0.29) is 5.91 Å². The van der Waals surface area contributed by atoms with Crippen molar-refractivity contribution in [1.29, 1.82) is 0 Å². The zero-order valence-corrected chi connectivity index (χ0v) is 14.7. The molecule has 0 aliphatic carbocycles. The second kappa shape index (κ2) is 10.6. The molecule has 4 nitrogen and oxygen atoms in total. The lowest BCUT2D eigenvalue weighted by Gasteiger charge is -2.07. The molecular weight excluding hydrogens is 322 g/mol. The van der Waals surface area contributed by atoms with Crippen LogP contribution in [0.25, 0.3) is 0 Å². The van der Waals surface area contributed by atoms with Gasteiger partial charge in [0, 0.05) is 12.3 Å². The highest BCUT2D eigenvalue weighted by atomic mass is 32.2. The van der Waals surface area contributed by atoms with Gasteiger partial charge in [0.15, 0.2) is 0 Å². The summed E-state index contributed by atoms with van der Waals surface area (Å²) < 4.78 is 10.7. The Labute approximate surface area is 147 Å². The molecule has 1 amide bonds. The van der Waals surface area contributed by atoms with Gasteiger partial charge in [0.2, 0.25) is 5.91 Å². The minimum Gasteiger partial charge on any atom is -0.497 e. The number of carbonyl (C=O) groups excluding carboxylic acids is 1. The van der Waals surface area contributed by atoms with Crippen molar-refractivity contribution < 1.29 is 14.3 Å². The third-order valence-electron chi connectivity index (χ3n) is 3.37. The first-order chi connectivity index (χ1) is 11.8. The summed E-state index contributed by atoms with van der Waals surface area (Å²) in [5, 5.41) is 2.94. The molecule has 0 saturated heterocycles. The van der Waals surface area contributed by atoms with Gasteiger partial charge in [-0.1, -0.05) is 30.3 Å². The Morgan fingerprint density at radius 2 is 1.75 bits per heavy atom. The molecule has 0 unspecified atom stereocenters. The summed E-state index contributed by atoms with van der Waals surface area (Å²) in [5.41, 5.74) is 1.23. The molecule has 24 heavy (non-hydrogen) atoms. The lowest BCUT2D eigenvalue weighted by atomic mass is 10.1. The highest BCUT2D eigenvalue weighted by Crippen LogP contribution is 2.17. The van der Waals surface area contributed by atoms with E-state index >= 15 is 0 Å². The molecule has 2 rings (SSSR count). The Kier molecular flexibility index (Phi) is 8.04. The average molecular weight is 345 g/mol. The SMILES string of the molecule is COc1ccc(OCCSCC(=O)NCCc2ccccc2)cc1. The van der Waals surface area contributed by atoms with Crippen molar-refractivity contribution in [3.63, 3.8) is 0 Å². The number of benzene rings is 2. The topological polar surface area (TPSA) is 47.6 Å². The summed E-state index contributed by atoms with van der Waals surface area (Å²) in [4.78, 5) is 11.8. The molecule has 0 aliphatic heterocycles. The molecule has 0 aliphatic rings. The molecule has 0 saturated carbocycles. The van der Waals surface area contributed by atoms with E-state index in [2.05, 4.69) is 17.4 Å². The van der Waals surface area contributed by atoms with Crippen LogP contribution in [-0.4, -0.2) is 37.7 Å². The van der Waals surface area contributed by atoms with Gasteiger partial charge >= 0.3 is 0 Å². The fourth-order valence-corrected chi connectivity index (χ4v) is 2.73. The minimum absolute atomic E-state index is 0.0698. The molecule has 1 N–H and O–H groups in total. The van der Waals surface area contributed by atoms with Crippen LogP contribution in [0.15, 0.2) is 54.6 Å². The molecular formula is C19H23NO3S. The van der Waals surface area contributed by atoms with Gasteiger partial charge in [0.25, 0.3) is 0 Å². The Morgan fingerprint density at radius 3 is 2.46 bits per heavy atom. The van der Waals surface area contributed by atoms with Crippen LogP contribution < -0.4 is 14.8 Å². The number of nitrogens with one attached hydrogen (secondary N) is 1. The molecule has 0 atom stereocenters. The van der Waals surface area contributed by atoms with Crippen molar-refractivity contribution in [3.8, 4) is 11.5 Å². The first kappa shape index (κ1) is 18.2. The third-order valence-corrected chi connectivity index (χ3v) is 4.29. The molecule has 0 heterocycles. The predicted octanol–water partition coefficient (Wildman–Crippen LogP) is 3.17. The van der Waals surface area contributed by atoms with Crippen molar-refractivity contribution in [2.45, 2.75) is 6.42 Å². The quantitative estimate of drug-likeness (QED) is 0.672. The van der Waals surface area contributed by atoms with Gasteiger partial charge in [-0.15, -0.1) is 11.8 Å². The molecule has 0 spiro atoms. The standard InChI is InChI=1S/C19H23NO3S/c1-22-17-7-9-18(10-8-17)23-13-14-24-15-19(21)20-12-11-16-5-3-2-4-6-16/h2-10H,11-15H2,1H3,(H,20,21). The smallest absolute Gasteiger partial charge is 0.230 e. The van der Waals surface area contributed by atoms with Crippen LogP contribution in [0.1, 0.15) is 5.56 Å². The van der Waals surface area contributed by atoms with Gasteiger partial charge in [0.1, 0.15) is 11.5 Å². The summed E-state index contributed by atoms with van der Waals surface area (Å²) >= 11 is 1.57. The highest BCUT2D eigenvalue weighted by Gasteiger charge is 2.02. The minimum atomic E-state index is 0.0698. The van der Waals surface area contributed by atoms with Gasteiger partial charge in [-0.25, -0.2) is 0 Å². The number of amides is 1. The fraction of sp³-hybridized carbons (Fsp3) is 0.316. The zero-order valence-electron chi connectivity index (χ0n) is 13.9. The van der Waals surface area contributed by atoms with E-state index in [4.69, 9.17) is 9.47 Å². The third kappa shape index (κ3) is 6.96. The molecule has 0 bridgehead atoms. The number of carbonyl (C=O) groups is 1. The van der Waals surface area contributed by atoms with Crippen molar-refractivity contribution in [1.82, 2.24) is 5.32 Å². The lowest BCUT2D eigenvalue weighted by molar-refractivity contribution is -0.118. The molecule has 0 aromatic heterocycles. The van der Waals surface area contributed by atoms with Crippen molar-refractivity contribution >= 4 is 17.7 Å². The number of hydrogen-bond donors (Lipinski definition) is 1. The van der Waals surface area contributed by atoms with E-state index in [1.165, 1.54) is 5.56 Å². The van der Waals surface area contributed by atoms with Gasteiger partial charge in [0.05, 0.1) is 19.5 Å². The maximum atomic E-state index is 11.8. The Bertz CT molecular complexity index is 602. The number of hydrogen-bond acceptors (Lipinski definition) is 4. The maximum Gasteiger partial charge on any atom is 0.230 e. The number of thioether (sulfide) groups is 1. The van der Waals surface area contributed by atoms with E-state index < -0.39 is 0 Å². The van der Waals surface area contributed by atoms with Crippen LogP contribution in [-0.2, 0) is 11.2 Å². The van der Waals surface area contributed by atoms with Gasteiger partial charge < -0.3 is 14.8 Å². The summed E-state index contributed by atoms with van der Waals surface area (Å²) in [5.74, 6) is 2.92. The van der Waals surface area contributed by atoms with Crippen LogP contribution in [0, 0.1) is 0 Å². The Morgan fingerprint density at radius 1 is 1.04 bits per heavy atom. The summed E-state index contributed by atoms with van der Waals surface area (Å²) in [6, 6.07) is 17.6. The van der Waals surface area contributed by atoms with Gasteiger partial charge in [-0.3, -0.25) is 4.79 Å². The second-order valence-electron chi connectivity index (χ2n) is 5.16. The first-order valence-corrected chi connectivity index (χ1v) is 9.08. The summed E-state index contributed by atoms with van der Waals surface area (Å²) in [7, 11) is 1.64. The van der Waals surface area contributed by atoms with E-state index in [1.54, 1.807) is 18.9 Å². The number of ether oxygens (including phenoxy) is 2. The molecule has 2 aromatic rings. The van der Waals surface area contributed by atoms with E-state index in [9.17, 15) is 4.79 Å². The van der Waals surface area contributed by atoms with Crippen molar-refractivity contribution in [2.75, 3.05) is 31.8 Å². The molecule has 0 fully saturated rings. The second-order valence-corrected chi connectivity index (χ2v) is 6.27. The maximum absolute atomic E-state index is 11.8. The lowest BCUT2D eigenvalue weighted by Crippen LogP contribution is -2.27. The molecule has 128 valence electrons. The van der Waals surface area contributed by atoms with Gasteiger partial charge in [-0.2, -0.15) is 0 Å². The summed E-state index contributed by atoms with van der Waals surface area (Å²) in [6.07, 6.45) is 0.859. The summed E-state index contributed by atoms with van der Waals surface area (Å²) in [6.45, 7) is 1.25. The molecule has 0 radical (unpaired) electrons. The van der Waals surface area contributed by atoms with Crippen LogP contribution in [0.3, 0.4) is 0 Å². The highest BCUT2D eigenvalue weighted by molar-refractivity contribution is 7.99. The van der Waals surface area contributed by atoms with E-state index in [1.807, 2.05) is 42.5 Å². The first-order valence-electron chi connectivity index (χ1n) is 7.93. The monoisotopic (exact) mass is 345 g/mol. The van der Waals surface area contributed by atoms with Crippen LogP contribution in [0.4, 0.5) is 0 Å². The fourth-order valence-electron chi connectivity index (χ4n) is 2.10.